The van der Waals surface area contributed by atoms with E-state index in [4.69, 9.17) is 5.11 Å². The third-order valence-corrected chi connectivity index (χ3v) is 4.10. The quantitative estimate of drug-likeness (QED) is 0.395. The molecule has 0 atom stereocenters. The number of aliphatic carboxylic acids is 1. The van der Waals surface area contributed by atoms with Gasteiger partial charge in [0.1, 0.15) is 5.82 Å². The Hall–Kier alpha value is -3.54. The molecule has 0 fully saturated rings. The van der Waals surface area contributed by atoms with Crippen LogP contribution in [0, 0.1) is 5.82 Å². The van der Waals surface area contributed by atoms with Gasteiger partial charge in [0, 0.05) is 30.1 Å². The van der Waals surface area contributed by atoms with Gasteiger partial charge < -0.3 is 9.67 Å². The number of carboxylic acid groups (broad SMARTS) is 1. The zero-order chi connectivity index (χ0) is 19.4. The first-order chi connectivity index (χ1) is 12.9. The maximum atomic E-state index is 13.1. The lowest BCUT2D eigenvalue weighted by Crippen LogP contribution is -2.17. The summed E-state index contributed by atoms with van der Waals surface area (Å²) in [6, 6.07) is 15.1. The van der Waals surface area contributed by atoms with Crippen molar-refractivity contribution in [3.8, 4) is 11.1 Å². The second-order valence-electron chi connectivity index (χ2n) is 6.08. The third-order valence-electron chi connectivity index (χ3n) is 4.10. The van der Waals surface area contributed by atoms with Crippen LogP contribution in [0.2, 0.25) is 0 Å². The number of carboxylic acids is 1. The van der Waals surface area contributed by atoms with E-state index in [0.717, 1.165) is 11.1 Å². The van der Waals surface area contributed by atoms with Crippen LogP contribution in [0.4, 0.5) is 4.39 Å². The highest BCUT2D eigenvalue weighted by molar-refractivity contribution is 6.37. The van der Waals surface area contributed by atoms with Gasteiger partial charge in [-0.1, -0.05) is 42.5 Å². The lowest BCUT2D eigenvalue weighted by molar-refractivity contribution is -0.148. The summed E-state index contributed by atoms with van der Waals surface area (Å²) in [7, 11) is 0. The monoisotopic (exact) mass is 365 g/mol. The van der Waals surface area contributed by atoms with Gasteiger partial charge in [-0.2, -0.15) is 0 Å². The number of rotatable bonds is 7. The fourth-order valence-electron chi connectivity index (χ4n) is 2.79. The first-order valence-electron chi connectivity index (χ1n) is 8.23. The average Bonchev–Trinajstić information content (AvgIpc) is 3.08. The van der Waals surface area contributed by atoms with Crippen LogP contribution in [0.5, 0.6) is 0 Å². The van der Waals surface area contributed by atoms with Crippen LogP contribution in [-0.4, -0.2) is 27.2 Å². The minimum Gasteiger partial charge on any atom is -0.475 e. The number of benzene rings is 2. The van der Waals surface area contributed by atoms with Crippen LogP contribution < -0.4 is 0 Å². The maximum absolute atomic E-state index is 13.1. The van der Waals surface area contributed by atoms with E-state index in [1.165, 1.54) is 12.1 Å². The molecule has 5 nitrogen and oxygen atoms in total. The molecule has 1 aromatic heterocycles. The molecule has 0 amide bonds. The molecule has 6 heteroatoms. The Kier molecular flexibility index (Phi) is 5.26. The minimum absolute atomic E-state index is 0.276. The number of hydrogen-bond donors (Lipinski definition) is 1. The molecule has 0 saturated carbocycles. The van der Waals surface area contributed by atoms with E-state index < -0.39 is 24.0 Å². The van der Waals surface area contributed by atoms with Gasteiger partial charge in [-0.25, -0.2) is 9.18 Å². The number of Topliss-reactive ketones (excluding diaryl/α,β-unsaturated/α-hetero) is 2. The van der Waals surface area contributed by atoms with Crippen LogP contribution in [0.25, 0.3) is 11.1 Å². The number of aromatic nitrogens is 1. The normalized spacial score (nSPS) is 10.6. The molecule has 0 saturated heterocycles. The van der Waals surface area contributed by atoms with Crippen molar-refractivity contribution in [3.63, 3.8) is 0 Å². The van der Waals surface area contributed by atoms with Crippen molar-refractivity contribution in [3.05, 3.63) is 83.9 Å². The predicted octanol–water partition coefficient (Wildman–Crippen LogP) is 3.57. The summed E-state index contributed by atoms with van der Waals surface area (Å²) >= 11 is 0. The summed E-state index contributed by atoms with van der Waals surface area (Å²) in [6.45, 7) is 0.403. The van der Waals surface area contributed by atoms with Crippen molar-refractivity contribution in [2.24, 2.45) is 0 Å². The largest absolute Gasteiger partial charge is 0.475 e. The third kappa shape index (κ3) is 4.36. The summed E-state index contributed by atoms with van der Waals surface area (Å²) < 4.78 is 14.8. The molecular formula is C21H16FNO4. The second kappa shape index (κ2) is 7.78. The molecule has 1 heterocycles. The number of halogens is 1. The minimum atomic E-state index is -1.63. The Labute approximate surface area is 154 Å². The van der Waals surface area contributed by atoms with E-state index >= 15 is 0 Å². The molecular weight excluding hydrogens is 349 g/mol. The van der Waals surface area contributed by atoms with E-state index in [1.54, 1.807) is 29.1 Å². The highest BCUT2D eigenvalue weighted by Crippen LogP contribution is 2.26. The predicted molar refractivity (Wildman–Crippen MR) is 97.0 cm³/mol. The van der Waals surface area contributed by atoms with Gasteiger partial charge in [-0.05, 0) is 23.3 Å². The number of hydrogen-bond acceptors (Lipinski definition) is 3. The highest BCUT2D eigenvalue weighted by Gasteiger charge is 2.22. The number of carbonyl (C=O) groups is 3. The van der Waals surface area contributed by atoms with Gasteiger partial charge >= 0.3 is 5.97 Å². The van der Waals surface area contributed by atoms with Crippen molar-refractivity contribution in [1.29, 1.82) is 0 Å². The molecule has 0 unspecified atom stereocenters. The highest BCUT2D eigenvalue weighted by atomic mass is 19.1. The number of nitrogens with zero attached hydrogens (tertiary/aromatic N) is 1. The maximum Gasteiger partial charge on any atom is 0.372 e. The molecule has 0 aliphatic carbocycles. The van der Waals surface area contributed by atoms with Crippen LogP contribution in [0.15, 0.2) is 67.0 Å². The molecule has 0 aliphatic rings. The van der Waals surface area contributed by atoms with Gasteiger partial charge in [0.2, 0.25) is 5.78 Å². The van der Waals surface area contributed by atoms with E-state index in [1.807, 2.05) is 30.3 Å². The standard InChI is InChI=1S/C21H16FNO4/c22-16-8-6-14(7-9-16)11-23-12-17(15-4-2-1-3-5-15)18(13-23)19(24)10-20(25)21(26)27/h1-9,12-13H,10-11H2,(H,26,27). The summed E-state index contributed by atoms with van der Waals surface area (Å²) in [6.07, 6.45) is 2.65. The molecule has 136 valence electrons. The molecule has 0 bridgehead atoms. The van der Waals surface area contributed by atoms with E-state index in [-0.39, 0.29) is 11.4 Å². The molecule has 0 radical (unpaired) electrons. The number of carbonyl (C=O) groups excluding carboxylic acids is 2. The Morgan fingerprint density at radius 1 is 0.926 bits per heavy atom. The van der Waals surface area contributed by atoms with Crippen molar-refractivity contribution in [1.82, 2.24) is 4.57 Å². The smallest absolute Gasteiger partial charge is 0.372 e. The van der Waals surface area contributed by atoms with Gasteiger partial charge in [0.25, 0.3) is 0 Å². The van der Waals surface area contributed by atoms with Crippen molar-refractivity contribution >= 4 is 17.5 Å². The van der Waals surface area contributed by atoms with Crippen molar-refractivity contribution < 1.29 is 23.9 Å². The first-order valence-corrected chi connectivity index (χ1v) is 8.23. The average molecular weight is 365 g/mol. The summed E-state index contributed by atoms with van der Waals surface area (Å²) in [5.74, 6) is -3.67. The van der Waals surface area contributed by atoms with E-state index in [2.05, 4.69) is 0 Å². The summed E-state index contributed by atoms with van der Waals surface area (Å²) in [5, 5.41) is 8.75. The Bertz CT molecular complexity index is 991. The van der Waals surface area contributed by atoms with Gasteiger partial charge in [-0.15, -0.1) is 0 Å². The fourth-order valence-corrected chi connectivity index (χ4v) is 2.79. The molecule has 2 aromatic carbocycles. The lowest BCUT2D eigenvalue weighted by atomic mass is 10.00. The molecule has 3 aromatic rings. The zero-order valence-electron chi connectivity index (χ0n) is 14.3. The first kappa shape index (κ1) is 18.3. The van der Waals surface area contributed by atoms with E-state index in [0.29, 0.717) is 12.1 Å². The van der Waals surface area contributed by atoms with Crippen LogP contribution >= 0.6 is 0 Å². The lowest BCUT2D eigenvalue weighted by Gasteiger charge is -2.03. The van der Waals surface area contributed by atoms with E-state index in [9.17, 15) is 18.8 Å². The Morgan fingerprint density at radius 3 is 2.22 bits per heavy atom. The molecule has 27 heavy (non-hydrogen) atoms. The van der Waals surface area contributed by atoms with Crippen LogP contribution in [0.3, 0.4) is 0 Å². The number of ketones is 2. The van der Waals surface area contributed by atoms with Gasteiger partial charge in [-0.3, -0.25) is 9.59 Å². The molecule has 0 aliphatic heterocycles. The Balaban J connectivity index is 1.96. The topological polar surface area (TPSA) is 76.4 Å². The Morgan fingerprint density at radius 2 is 1.59 bits per heavy atom. The molecule has 1 N–H and O–H groups in total. The van der Waals surface area contributed by atoms with Crippen molar-refractivity contribution in [2.45, 2.75) is 13.0 Å². The zero-order valence-corrected chi connectivity index (χ0v) is 14.3. The molecule has 3 rings (SSSR count). The van der Waals surface area contributed by atoms with Crippen molar-refractivity contribution in [2.75, 3.05) is 0 Å². The summed E-state index contributed by atoms with van der Waals surface area (Å²) in [5.41, 5.74) is 2.51. The summed E-state index contributed by atoms with van der Waals surface area (Å²) in [4.78, 5) is 34.7. The fraction of sp³-hybridized carbons (Fsp3) is 0.0952. The SMILES string of the molecule is O=C(O)C(=O)CC(=O)c1cn(Cc2ccc(F)cc2)cc1-c1ccccc1. The van der Waals surface area contributed by atoms with Crippen LogP contribution in [-0.2, 0) is 16.1 Å². The second-order valence-corrected chi connectivity index (χ2v) is 6.08. The van der Waals surface area contributed by atoms with Crippen LogP contribution in [0.1, 0.15) is 22.3 Å². The van der Waals surface area contributed by atoms with Gasteiger partial charge in [0.05, 0.1) is 6.42 Å². The molecule has 0 spiro atoms. The van der Waals surface area contributed by atoms with Gasteiger partial charge in [0.15, 0.2) is 5.78 Å².